The molecule has 1 unspecified atom stereocenters. The first-order valence-corrected chi connectivity index (χ1v) is 13.3. The number of nitrogens with zero attached hydrogens (tertiary/aromatic N) is 4. The Labute approximate surface area is 182 Å². The van der Waals surface area contributed by atoms with Crippen LogP contribution in [0.2, 0.25) is 13.1 Å². The van der Waals surface area contributed by atoms with Crippen molar-refractivity contribution < 1.29 is 28.7 Å². The normalized spacial score (nSPS) is 13.1. The van der Waals surface area contributed by atoms with Crippen molar-refractivity contribution in [3.05, 3.63) is 18.4 Å². The van der Waals surface area contributed by atoms with Crippen molar-refractivity contribution in [2.24, 2.45) is 0 Å². The minimum atomic E-state index is -1.93. The number of carboxylic acid groups (broad SMARTS) is 1. The van der Waals surface area contributed by atoms with Crippen LogP contribution < -0.4 is 5.32 Å². The van der Waals surface area contributed by atoms with Gasteiger partial charge < -0.3 is 29.0 Å². The van der Waals surface area contributed by atoms with E-state index in [2.05, 4.69) is 33.5 Å². The summed E-state index contributed by atoms with van der Waals surface area (Å²) in [4.78, 5) is 31.0. The smallest absolute Gasteiger partial charge is 0.407 e. The molecule has 2 heterocycles. The Morgan fingerprint density at radius 2 is 2.06 bits per heavy atom. The summed E-state index contributed by atoms with van der Waals surface area (Å²) in [6.07, 6.45) is 3.52. The Morgan fingerprint density at radius 1 is 1.35 bits per heavy atom. The molecule has 11 nitrogen and oxygen atoms in total. The van der Waals surface area contributed by atoms with E-state index in [0.29, 0.717) is 17.7 Å². The highest BCUT2D eigenvalue weighted by atomic mass is 28.3. The Bertz CT molecular complexity index is 888. The van der Waals surface area contributed by atoms with Gasteiger partial charge in [-0.1, -0.05) is 18.3 Å². The number of hydrogen-bond acceptors (Lipinski definition) is 8. The van der Waals surface area contributed by atoms with Gasteiger partial charge in [-0.3, -0.25) is 4.79 Å². The number of ether oxygens (including phenoxy) is 2. The molecular weight excluding hydrogens is 422 g/mol. The SMILES string of the molecule is CC(OCn1cnc(-c2noc(CCC(=O)O)n2)c1)[Si](C)(C)CNC(=O)OC(C)(C)C. The topological polar surface area (TPSA) is 142 Å². The molecule has 0 spiro atoms. The number of carboxylic acids is 1. The van der Waals surface area contributed by atoms with Gasteiger partial charge in [0.05, 0.1) is 12.7 Å². The second-order valence-corrected chi connectivity index (χ2v) is 14.1. The molecule has 12 heteroatoms. The van der Waals surface area contributed by atoms with Crippen molar-refractivity contribution in [1.29, 1.82) is 0 Å². The van der Waals surface area contributed by atoms with Crippen LogP contribution in [0.4, 0.5) is 4.79 Å². The summed E-state index contributed by atoms with van der Waals surface area (Å²) in [7, 11) is -1.93. The molecule has 2 N–H and O–H groups in total. The summed E-state index contributed by atoms with van der Waals surface area (Å²) < 4.78 is 18.1. The van der Waals surface area contributed by atoms with Crippen LogP contribution in [0.25, 0.3) is 11.5 Å². The highest BCUT2D eigenvalue weighted by Gasteiger charge is 2.31. The zero-order valence-electron chi connectivity index (χ0n) is 18.8. The summed E-state index contributed by atoms with van der Waals surface area (Å²) in [6.45, 7) is 12.0. The highest BCUT2D eigenvalue weighted by Crippen LogP contribution is 2.16. The molecule has 0 aromatic carbocycles. The Hall–Kier alpha value is -2.73. The molecule has 2 aromatic rings. The number of rotatable bonds is 10. The van der Waals surface area contributed by atoms with Crippen LogP contribution in [0.5, 0.6) is 0 Å². The number of aromatic nitrogens is 4. The molecule has 0 saturated heterocycles. The van der Waals surface area contributed by atoms with E-state index in [1.54, 1.807) is 17.1 Å². The Balaban J connectivity index is 1.85. The summed E-state index contributed by atoms with van der Waals surface area (Å²) in [6, 6.07) is 0. The predicted octanol–water partition coefficient (Wildman–Crippen LogP) is 2.62. The molecule has 0 aliphatic carbocycles. The molecule has 0 aliphatic rings. The van der Waals surface area contributed by atoms with E-state index < -0.39 is 25.7 Å². The standard InChI is InChI=1S/C19H31N5O6Si/c1-13(31(5,6)11-21-18(27)29-19(2,3)4)28-12-24-9-14(20-10-24)17-22-15(30-23-17)7-8-16(25)26/h9-10,13H,7-8,11-12H2,1-6H3,(H,21,27)(H,25,26). The fourth-order valence-electron chi connectivity index (χ4n) is 2.40. The monoisotopic (exact) mass is 453 g/mol. The van der Waals surface area contributed by atoms with Gasteiger partial charge in [0.1, 0.15) is 26.1 Å². The second kappa shape index (κ2) is 10.0. The zero-order chi connectivity index (χ0) is 23.2. The van der Waals surface area contributed by atoms with E-state index in [9.17, 15) is 9.59 Å². The van der Waals surface area contributed by atoms with E-state index in [1.165, 1.54) is 0 Å². The number of aliphatic carboxylic acids is 1. The molecule has 0 radical (unpaired) electrons. The van der Waals surface area contributed by atoms with Gasteiger partial charge in [0, 0.05) is 24.5 Å². The van der Waals surface area contributed by atoms with Gasteiger partial charge in [-0.15, -0.1) is 0 Å². The quantitative estimate of drug-likeness (QED) is 0.519. The Kier molecular flexibility index (Phi) is 7.95. The average molecular weight is 454 g/mol. The maximum atomic E-state index is 11.9. The summed E-state index contributed by atoms with van der Waals surface area (Å²) in [5.74, 6) is -0.381. The first-order chi connectivity index (χ1) is 14.4. The second-order valence-electron chi connectivity index (χ2n) is 8.96. The van der Waals surface area contributed by atoms with E-state index in [4.69, 9.17) is 19.1 Å². The average Bonchev–Trinajstić information content (AvgIpc) is 3.30. The lowest BCUT2D eigenvalue weighted by Crippen LogP contribution is -2.52. The molecule has 2 rings (SSSR count). The Morgan fingerprint density at radius 3 is 2.71 bits per heavy atom. The van der Waals surface area contributed by atoms with E-state index in [0.717, 1.165) is 0 Å². The van der Waals surface area contributed by atoms with Crippen LogP contribution in [-0.2, 0) is 27.4 Å². The third kappa shape index (κ3) is 8.13. The number of carbonyl (C=O) groups is 2. The molecule has 0 fully saturated rings. The molecule has 1 amide bonds. The lowest BCUT2D eigenvalue weighted by molar-refractivity contribution is -0.137. The van der Waals surface area contributed by atoms with Crippen molar-refractivity contribution >= 4 is 20.1 Å². The van der Waals surface area contributed by atoms with Crippen LogP contribution in [0, 0.1) is 0 Å². The predicted molar refractivity (Wildman–Crippen MR) is 114 cm³/mol. The fraction of sp³-hybridized carbons (Fsp3) is 0.632. The minimum absolute atomic E-state index is 0.0407. The van der Waals surface area contributed by atoms with Crippen molar-refractivity contribution in [3.8, 4) is 11.5 Å². The van der Waals surface area contributed by atoms with Gasteiger partial charge in [0.2, 0.25) is 11.7 Å². The molecule has 172 valence electrons. The fourth-order valence-corrected chi connectivity index (χ4v) is 3.81. The van der Waals surface area contributed by atoms with Gasteiger partial charge in [-0.05, 0) is 27.7 Å². The van der Waals surface area contributed by atoms with Crippen molar-refractivity contribution in [2.45, 2.75) is 71.7 Å². The number of alkyl carbamates (subject to hydrolysis) is 1. The summed E-state index contributed by atoms with van der Waals surface area (Å²) >= 11 is 0. The molecule has 0 aliphatic heterocycles. The summed E-state index contributed by atoms with van der Waals surface area (Å²) in [5.41, 5.74) is -0.0713. The van der Waals surface area contributed by atoms with Gasteiger partial charge in [0.25, 0.3) is 0 Å². The van der Waals surface area contributed by atoms with Crippen molar-refractivity contribution in [2.75, 3.05) is 6.17 Å². The number of carbonyl (C=O) groups excluding carboxylic acids is 1. The summed E-state index contributed by atoms with van der Waals surface area (Å²) in [5, 5.41) is 15.4. The maximum absolute atomic E-state index is 11.9. The number of nitrogens with one attached hydrogen (secondary N) is 1. The van der Waals surface area contributed by atoms with Crippen LogP contribution in [-0.4, -0.2) is 62.4 Å². The van der Waals surface area contributed by atoms with Crippen molar-refractivity contribution in [3.63, 3.8) is 0 Å². The van der Waals surface area contributed by atoms with Crippen LogP contribution in [0.1, 0.15) is 40.0 Å². The molecule has 0 bridgehead atoms. The van der Waals surface area contributed by atoms with E-state index in [1.807, 2.05) is 27.7 Å². The number of aryl methyl sites for hydroxylation is 1. The molecule has 0 saturated carbocycles. The van der Waals surface area contributed by atoms with Gasteiger partial charge in [0.15, 0.2) is 0 Å². The van der Waals surface area contributed by atoms with Gasteiger partial charge in [-0.2, -0.15) is 4.98 Å². The zero-order valence-corrected chi connectivity index (χ0v) is 19.8. The van der Waals surface area contributed by atoms with E-state index in [-0.39, 0.29) is 31.2 Å². The number of amides is 1. The first kappa shape index (κ1) is 24.5. The third-order valence-corrected chi connectivity index (χ3v) is 8.00. The largest absolute Gasteiger partial charge is 0.481 e. The number of hydrogen-bond donors (Lipinski definition) is 2. The third-order valence-electron chi connectivity index (χ3n) is 4.54. The molecular formula is C19H31N5O6Si. The van der Waals surface area contributed by atoms with E-state index >= 15 is 0 Å². The van der Waals surface area contributed by atoms with Gasteiger partial charge in [-0.25, -0.2) is 9.78 Å². The van der Waals surface area contributed by atoms with Crippen LogP contribution in [0.3, 0.4) is 0 Å². The lowest BCUT2D eigenvalue weighted by Gasteiger charge is -2.30. The lowest BCUT2D eigenvalue weighted by atomic mass is 10.2. The minimum Gasteiger partial charge on any atom is -0.481 e. The van der Waals surface area contributed by atoms with Crippen LogP contribution in [0.15, 0.2) is 17.0 Å². The molecule has 2 aromatic heterocycles. The molecule has 1 atom stereocenters. The molecule has 31 heavy (non-hydrogen) atoms. The van der Waals surface area contributed by atoms with Gasteiger partial charge >= 0.3 is 12.1 Å². The number of imidazole rings is 1. The van der Waals surface area contributed by atoms with Crippen LogP contribution >= 0.6 is 0 Å². The highest BCUT2D eigenvalue weighted by molar-refractivity contribution is 6.78. The maximum Gasteiger partial charge on any atom is 0.407 e. The first-order valence-electron chi connectivity index (χ1n) is 10.0. The van der Waals surface area contributed by atoms with Crippen molar-refractivity contribution in [1.82, 2.24) is 25.0 Å².